The average molecular weight is 352 g/mol. The Bertz CT molecular complexity index is 1020. The molecule has 3 aromatic rings. The Morgan fingerprint density at radius 2 is 1.92 bits per heavy atom. The van der Waals surface area contributed by atoms with Crippen LogP contribution >= 0.6 is 0 Å². The standard InChI is InChI=1S/C18H16N4O4/c1-11-6-5-9-15-19-14(10-16(23)26-2)17(22(11)15)21-20-13-8-4-3-7-12(13)18(24)25/h3-9H,10H2,1-2H3,(H,24,25). The molecule has 0 fully saturated rings. The highest BCUT2D eigenvalue weighted by atomic mass is 16.5. The molecule has 0 atom stereocenters. The number of carboxylic acids is 1. The van der Waals surface area contributed by atoms with Crippen LogP contribution in [-0.2, 0) is 16.0 Å². The summed E-state index contributed by atoms with van der Waals surface area (Å²) in [6.45, 7) is 1.88. The number of pyridine rings is 1. The minimum absolute atomic E-state index is 0.0383. The van der Waals surface area contributed by atoms with Gasteiger partial charge in [-0.3, -0.25) is 9.20 Å². The van der Waals surface area contributed by atoms with Gasteiger partial charge in [0.25, 0.3) is 0 Å². The van der Waals surface area contributed by atoms with Gasteiger partial charge in [0.05, 0.1) is 24.8 Å². The van der Waals surface area contributed by atoms with Crippen molar-refractivity contribution in [2.75, 3.05) is 7.11 Å². The number of aromatic nitrogens is 2. The monoisotopic (exact) mass is 352 g/mol. The van der Waals surface area contributed by atoms with Crippen molar-refractivity contribution in [1.82, 2.24) is 9.38 Å². The highest BCUT2D eigenvalue weighted by Crippen LogP contribution is 2.27. The van der Waals surface area contributed by atoms with Crippen LogP contribution in [0.4, 0.5) is 11.5 Å². The molecule has 132 valence electrons. The van der Waals surface area contributed by atoms with Crippen LogP contribution in [0, 0.1) is 6.92 Å². The number of carbonyl (C=O) groups is 2. The second-order valence-electron chi connectivity index (χ2n) is 5.52. The Hall–Kier alpha value is -3.55. The molecule has 0 radical (unpaired) electrons. The van der Waals surface area contributed by atoms with Crippen LogP contribution in [0.1, 0.15) is 21.7 Å². The predicted octanol–water partition coefficient (Wildman–Crippen LogP) is 3.47. The Morgan fingerprint density at radius 1 is 1.15 bits per heavy atom. The number of rotatable bonds is 5. The van der Waals surface area contributed by atoms with E-state index in [4.69, 9.17) is 4.74 Å². The van der Waals surface area contributed by atoms with Crippen LogP contribution in [-0.4, -0.2) is 33.5 Å². The first-order valence-electron chi connectivity index (χ1n) is 7.79. The minimum Gasteiger partial charge on any atom is -0.478 e. The third-order valence-corrected chi connectivity index (χ3v) is 3.81. The summed E-state index contributed by atoms with van der Waals surface area (Å²) in [6, 6.07) is 11.8. The van der Waals surface area contributed by atoms with E-state index in [1.165, 1.54) is 13.2 Å². The molecule has 2 aromatic heterocycles. The summed E-state index contributed by atoms with van der Waals surface area (Å²) in [5.74, 6) is -1.18. The smallest absolute Gasteiger partial charge is 0.337 e. The van der Waals surface area contributed by atoms with Gasteiger partial charge in [-0.25, -0.2) is 9.78 Å². The van der Waals surface area contributed by atoms with Gasteiger partial charge in [-0.05, 0) is 31.2 Å². The van der Waals surface area contributed by atoms with Crippen molar-refractivity contribution in [1.29, 1.82) is 0 Å². The molecule has 0 aliphatic rings. The minimum atomic E-state index is -1.09. The van der Waals surface area contributed by atoms with E-state index in [-0.39, 0.29) is 17.7 Å². The van der Waals surface area contributed by atoms with Gasteiger partial charge in [0.2, 0.25) is 0 Å². The number of esters is 1. The summed E-state index contributed by atoms with van der Waals surface area (Å²) in [4.78, 5) is 27.4. The SMILES string of the molecule is COC(=O)Cc1nc2cccc(C)n2c1N=Nc1ccccc1C(=O)O. The lowest BCUT2D eigenvalue weighted by Crippen LogP contribution is -2.04. The fraction of sp³-hybridized carbons (Fsp3) is 0.167. The summed E-state index contributed by atoms with van der Waals surface area (Å²) >= 11 is 0. The first-order chi connectivity index (χ1) is 12.5. The third kappa shape index (κ3) is 3.30. The van der Waals surface area contributed by atoms with E-state index in [0.717, 1.165) is 5.69 Å². The zero-order chi connectivity index (χ0) is 18.7. The van der Waals surface area contributed by atoms with Crippen LogP contribution in [0.5, 0.6) is 0 Å². The molecular formula is C18H16N4O4. The van der Waals surface area contributed by atoms with Crippen molar-refractivity contribution >= 4 is 29.1 Å². The first kappa shape index (κ1) is 17.3. The molecule has 0 spiro atoms. The third-order valence-electron chi connectivity index (χ3n) is 3.81. The van der Waals surface area contributed by atoms with Crippen LogP contribution in [0.3, 0.4) is 0 Å². The number of azo groups is 1. The molecule has 2 heterocycles. The van der Waals surface area contributed by atoms with Crippen LogP contribution in [0.15, 0.2) is 52.7 Å². The van der Waals surface area contributed by atoms with E-state index < -0.39 is 11.9 Å². The van der Waals surface area contributed by atoms with Crippen molar-refractivity contribution in [3.8, 4) is 0 Å². The molecule has 8 nitrogen and oxygen atoms in total. The van der Waals surface area contributed by atoms with Crippen LogP contribution in [0.25, 0.3) is 5.65 Å². The largest absolute Gasteiger partial charge is 0.478 e. The Morgan fingerprint density at radius 3 is 2.65 bits per heavy atom. The van der Waals surface area contributed by atoms with Gasteiger partial charge in [-0.15, -0.1) is 10.2 Å². The maximum atomic E-state index is 11.7. The molecule has 8 heteroatoms. The number of aromatic carboxylic acids is 1. The molecule has 1 aromatic carbocycles. The number of imidazole rings is 1. The second-order valence-corrected chi connectivity index (χ2v) is 5.52. The average Bonchev–Trinajstić information content (AvgIpc) is 2.98. The van der Waals surface area contributed by atoms with Crippen molar-refractivity contribution in [2.45, 2.75) is 13.3 Å². The molecule has 0 bridgehead atoms. The molecule has 0 aliphatic carbocycles. The lowest BCUT2D eigenvalue weighted by molar-refractivity contribution is -0.139. The summed E-state index contributed by atoms with van der Waals surface area (Å²) in [5.41, 5.74) is 2.13. The van der Waals surface area contributed by atoms with Crippen molar-refractivity contribution in [3.63, 3.8) is 0 Å². The summed E-state index contributed by atoms with van der Waals surface area (Å²) in [7, 11) is 1.30. The molecule has 1 N–H and O–H groups in total. The Kier molecular flexibility index (Phi) is 4.74. The van der Waals surface area contributed by atoms with Gasteiger partial charge in [0.15, 0.2) is 5.82 Å². The molecule has 0 aliphatic heterocycles. The molecular weight excluding hydrogens is 336 g/mol. The fourth-order valence-electron chi connectivity index (χ4n) is 2.56. The van der Waals surface area contributed by atoms with E-state index in [9.17, 15) is 14.7 Å². The number of hydrogen-bond donors (Lipinski definition) is 1. The quantitative estimate of drug-likeness (QED) is 0.559. The zero-order valence-electron chi connectivity index (χ0n) is 14.2. The normalized spacial score (nSPS) is 11.2. The number of methoxy groups -OCH3 is 1. The number of hydrogen-bond acceptors (Lipinski definition) is 6. The molecule has 26 heavy (non-hydrogen) atoms. The maximum absolute atomic E-state index is 11.7. The zero-order valence-corrected chi connectivity index (χ0v) is 14.2. The van der Waals surface area contributed by atoms with Crippen LogP contribution in [0.2, 0.25) is 0 Å². The van der Waals surface area contributed by atoms with E-state index in [1.807, 2.05) is 19.1 Å². The molecule has 3 rings (SSSR count). The van der Waals surface area contributed by atoms with E-state index in [1.54, 1.807) is 28.7 Å². The summed E-state index contributed by atoms with van der Waals surface area (Å²) in [5, 5.41) is 17.6. The molecule has 0 unspecified atom stereocenters. The van der Waals surface area contributed by atoms with Gasteiger partial charge in [0.1, 0.15) is 11.3 Å². The topological polar surface area (TPSA) is 106 Å². The van der Waals surface area contributed by atoms with E-state index >= 15 is 0 Å². The molecule has 0 amide bonds. The summed E-state index contributed by atoms with van der Waals surface area (Å²) < 4.78 is 6.47. The number of fused-ring (bicyclic) bond motifs is 1. The van der Waals surface area contributed by atoms with Gasteiger partial charge >= 0.3 is 11.9 Å². The summed E-state index contributed by atoms with van der Waals surface area (Å²) in [6.07, 6.45) is -0.0629. The van der Waals surface area contributed by atoms with Crippen molar-refractivity contribution in [3.05, 3.63) is 59.4 Å². The lowest BCUT2D eigenvalue weighted by Gasteiger charge is -2.03. The highest BCUT2D eigenvalue weighted by Gasteiger charge is 2.17. The van der Waals surface area contributed by atoms with E-state index in [0.29, 0.717) is 17.2 Å². The number of nitrogens with zero attached hydrogens (tertiary/aromatic N) is 4. The maximum Gasteiger partial charge on any atom is 0.337 e. The highest BCUT2D eigenvalue weighted by molar-refractivity contribution is 5.93. The first-order valence-corrected chi connectivity index (χ1v) is 7.79. The van der Waals surface area contributed by atoms with Gasteiger partial charge in [0, 0.05) is 5.69 Å². The van der Waals surface area contributed by atoms with Crippen LogP contribution < -0.4 is 0 Å². The Labute approximate surface area is 148 Å². The number of carboxylic acid groups (broad SMARTS) is 1. The lowest BCUT2D eigenvalue weighted by atomic mass is 10.2. The van der Waals surface area contributed by atoms with Crippen molar-refractivity contribution in [2.24, 2.45) is 10.2 Å². The molecule has 0 saturated carbocycles. The van der Waals surface area contributed by atoms with Crippen molar-refractivity contribution < 1.29 is 19.4 Å². The van der Waals surface area contributed by atoms with Gasteiger partial charge in [-0.1, -0.05) is 18.2 Å². The van der Waals surface area contributed by atoms with Gasteiger partial charge < -0.3 is 9.84 Å². The number of aryl methyl sites for hydroxylation is 1. The van der Waals surface area contributed by atoms with E-state index in [2.05, 4.69) is 15.2 Å². The number of ether oxygens (including phenoxy) is 1. The number of benzene rings is 1. The second kappa shape index (κ2) is 7.14. The van der Waals surface area contributed by atoms with Gasteiger partial charge in [-0.2, -0.15) is 0 Å². The fourth-order valence-corrected chi connectivity index (χ4v) is 2.56. The molecule has 0 saturated heterocycles. The Balaban J connectivity index is 2.13. The number of carbonyl (C=O) groups excluding carboxylic acids is 1. The predicted molar refractivity (Wildman–Crippen MR) is 93.2 cm³/mol.